The summed E-state index contributed by atoms with van der Waals surface area (Å²) in [6, 6.07) is 9.96. The van der Waals surface area contributed by atoms with Crippen LogP contribution >= 0.6 is 0 Å². The van der Waals surface area contributed by atoms with Gasteiger partial charge in [-0.05, 0) is 42.3 Å². The average Bonchev–Trinajstić information content (AvgIpc) is 2.75. The lowest BCUT2D eigenvalue weighted by molar-refractivity contribution is -0.116. The predicted octanol–water partition coefficient (Wildman–Crippen LogP) is 4.49. The number of halogens is 2. The molecule has 1 heterocycles. The number of nitrogens with one attached hydrogen (secondary N) is 1. The first-order valence-electron chi connectivity index (χ1n) is 9.69. The highest BCUT2D eigenvalue weighted by atomic mass is 19.1. The van der Waals surface area contributed by atoms with E-state index < -0.39 is 11.6 Å². The van der Waals surface area contributed by atoms with Crippen LogP contribution in [0.25, 0.3) is 11.1 Å². The van der Waals surface area contributed by atoms with Crippen molar-refractivity contribution in [3.05, 3.63) is 94.4 Å². The lowest BCUT2D eigenvalue weighted by atomic mass is 9.98. The molecule has 0 fully saturated rings. The van der Waals surface area contributed by atoms with E-state index in [9.17, 15) is 18.4 Å². The standard InChI is InChI=1S/C24H22F2N2O3/c1-4-15-11-17(14-28(3)24(15)30)23-16(13-27-22(29)5-2)7-6-8-21(23)31-20-10-9-18(25)12-19(20)26/h5-12,14H,2,4,13H2,1,3H3,(H,27,29). The molecule has 0 saturated heterocycles. The van der Waals surface area contributed by atoms with Crippen LogP contribution in [0.3, 0.4) is 0 Å². The Balaban J connectivity index is 2.17. The number of benzene rings is 2. The number of carbonyl (C=O) groups excluding carboxylic acids is 1. The molecule has 1 aromatic heterocycles. The first-order chi connectivity index (χ1) is 14.8. The molecule has 3 rings (SSSR count). The Morgan fingerprint density at radius 2 is 1.94 bits per heavy atom. The summed E-state index contributed by atoms with van der Waals surface area (Å²) >= 11 is 0. The van der Waals surface area contributed by atoms with Crippen LogP contribution in [0.4, 0.5) is 8.78 Å². The molecule has 1 amide bonds. The minimum absolute atomic E-state index is 0.115. The van der Waals surface area contributed by atoms with Crippen molar-refractivity contribution in [2.45, 2.75) is 19.9 Å². The summed E-state index contributed by atoms with van der Waals surface area (Å²) in [4.78, 5) is 24.0. The van der Waals surface area contributed by atoms with E-state index in [2.05, 4.69) is 11.9 Å². The molecule has 0 aliphatic carbocycles. The van der Waals surface area contributed by atoms with Gasteiger partial charge in [0.15, 0.2) is 11.6 Å². The van der Waals surface area contributed by atoms with Gasteiger partial charge in [-0.25, -0.2) is 8.78 Å². The van der Waals surface area contributed by atoms with Crippen LogP contribution in [0.5, 0.6) is 11.5 Å². The zero-order valence-corrected chi connectivity index (χ0v) is 17.2. The fourth-order valence-corrected chi connectivity index (χ4v) is 3.24. The van der Waals surface area contributed by atoms with Crippen molar-refractivity contribution in [3.8, 4) is 22.6 Å². The number of rotatable bonds is 7. The molecule has 1 N–H and O–H groups in total. The van der Waals surface area contributed by atoms with Gasteiger partial charge in [-0.2, -0.15) is 0 Å². The number of hydrogen-bond donors (Lipinski definition) is 1. The van der Waals surface area contributed by atoms with Gasteiger partial charge in [-0.3, -0.25) is 9.59 Å². The summed E-state index contributed by atoms with van der Waals surface area (Å²) in [5.41, 5.74) is 2.43. The average molecular weight is 424 g/mol. The maximum Gasteiger partial charge on any atom is 0.253 e. The number of aromatic nitrogens is 1. The van der Waals surface area contributed by atoms with E-state index in [4.69, 9.17) is 4.74 Å². The van der Waals surface area contributed by atoms with Crippen LogP contribution in [-0.2, 0) is 24.8 Å². The second-order valence-corrected chi connectivity index (χ2v) is 6.91. The first kappa shape index (κ1) is 22.0. The van der Waals surface area contributed by atoms with Gasteiger partial charge in [0.05, 0.1) is 0 Å². The van der Waals surface area contributed by atoms with E-state index in [1.165, 1.54) is 10.6 Å². The molecule has 5 nitrogen and oxygen atoms in total. The van der Waals surface area contributed by atoms with Crippen molar-refractivity contribution in [2.75, 3.05) is 0 Å². The molecule has 0 saturated carbocycles. The predicted molar refractivity (Wildman–Crippen MR) is 115 cm³/mol. The van der Waals surface area contributed by atoms with Crippen molar-refractivity contribution in [1.82, 2.24) is 9.88 Å². The second kappa shape index (κ2) is 9.38. The third kappa shape index (κ3) is 4.88. The van der Waals surface area contributed by atoms with E-state index in [1.54, 1.807) is 37.5 Å². The van der Waals surface area contributed by atoms with Gasteiger partial charge in [0.2, 0.25) is 5.91 Å². The Bertz CT molecular complexity index is 1200. The molecule has 0 bridgehead atoms. The van der Waals surface area contributed by atoms with Gasteiger partial charge in [-0.1, -0.05) is 25.6 Å². The molecule has 0 spiro atoms. The Morgan fingerprint density at radius 1 is 1.16 bits per heavy atom. The lowest BCUT2D eigenvalue weighted by Crippen LogP contribution is -2.22. The number of amides is 1. The largest absolute Gasteiger partial charge is 0.454 e. The molecule has 0 unspecified atom stereocenters. The molecule has 0 radical (unpaired) electrons. The summed E-state index contributed by atoms with van der Waals surface area (Å²) in [6.45, 7) is 5.48. The molecular formula is C24H22F2N2O3. The molecule has 31 heavy (non-hydrogen) atoms. The SMILES string of the molecule is C=CC(=O)NCc1cccc(Oc2ccc(F)cc2F)c1-c1cc(CC)c(=O)n(C)c1. The van der Waals surface area contributed by atoms with Gasteiger partial charge >= 0.3 is 0 Å². The Hall–Kier alpha value is -3.74. The quantitative estimate of drug-likeness (QED) is 0.569. The van der Waals surface area contributed by atoms with Crippen LogP contribution in [0.2, 0.25) is 0 Å². The monoisotopic (exact) mass is 424 g/mol. The van der Waals surface area contributed by atoms with Gasteiger partial charge in [0, 0.05) is 42.5 Å². The zero-order chi connectivity index (χ0) is 22.5. The van der Waals surface area contributed by atoms with E-state index in [0.717, 1.165) is 18.2 Å². The number of aryl methyl sites for hydroxylation is 2. The summed E-state index contributed by atoms with van der Waals surface area (Å²) < 4.78 is 34.8. The molecule has 7 heteroatoms. The molecule has 3 aromatic rings. The smallest absolute Gasteiger partial charge is 0.253 e. The number of pyridine rings is 1. The topological polar surface area (TPSA) is 60.3 Å². The van der Waals surface area contributed by atoms with Crippen molar-refractivity contribution in [2.24, 2.45) is 7.05 Å². The highest BCUT2D eigenvalue weighted by molar-refractivity contribution is 5.87. The van der Waals surface area contributed by atoms with Crippen molar-refractivity contribution < 1.29 is 18.3 Å². The van der Waals surface area contributed by atoms with Gasteiger partial charge in [0.1, 0.15) is 11.6 Å². The Morgan fingerprint density at radius 3 is 2.61 bits per heavy atom. The third-order valence-corrected chi connectivity index (χ3v) is 4.79. The maximum atomic E-state index is 14.2. The van der Waals surface area contributed by atoms with Gasteiger partial charge < -0.3 is 14.6 Å². The molecule has 160 valence electrons. The highest BCUT2D eigenvalue weighted by Gasteiger charge is 2.17. The van der Waals surface area contributed by atoms with E-state index in [1.807, 2.05) is 6.92 Å². The van der Waals surface area contributed by atoms with Crippen LogP contribution < -0.4 is 15.6 Å². The lowest BCUT2D eigenvalue weighted by Gasteiger charge is -2.18. The highest BCUT2D eigenvalue weighted by Crippen LogP contribution is 2.37. The van der Waals surface area contributed by atoms with Crippen molar-refractivity contribution in [3.63, 3.8) is 0 Å². The minimum atomic E-state index is -0.842. The number of carbonyl (C=O) groups is 1. The molecule has 0 aliphatic rings. The zero-order valence-electron chi connectivity index (χ0n) is 17.2. The molecular weight excluding hydrogens is 402 g/mol. The summed E-state index contributed by atoms with van der Waals surface area (Å²) in [7, 11) is 1.65. The summed E-state index contributed by atoms with van der Waals surface area (Å²) in [5.74, 6) is -1.74. The van der Waals surface area contributed by atoms with Crippen molar-refractivity contribution >= 4 is 5.91 Å². The van der Waals surface area contributed by atoms with E-state index >= 15 is 0 Å². The Kier molecular flexibility index (Phi) is 6.65. The van der Waals surface area contributed by atoms with Crippen LogP contribution in [0, 0.1) is 11.6 Å². The number of ether oxygens (including phenoxy) is 1. The molecule has 0 aliphatic heterocycles. The van der Waals surface area contributed by atoms with Crippen LogP contribution in [-0.4, -0.2) is 10.5 Å². The molecule has 0 atom stereocenters. The van der Waals surface area contributed by atoms with Gasteiger partial charge in [-0.15, -0.1) is 0 Å². The van der Waals surface area contributed by atoms with Crippen LogP contribution in [0.15, 0.2) is 66.1 Å². The minimum Gasteiger partial charge on any atom is -0.454 e. The fraction of sp³-hybridized carbons (Fsp3) is 0.167. The van der Waals surface area contributed by atoms with E-state index in [-0.39, 0.29) is 23.8 Å². The number of hydrogen-bond acceptors (Lipinski definition) is 3. The second-order valence-electron chi connectivity index (χ2n) is 6.91. The number of nitrogens with zero attached hydrogens (tertiary/aromatic N) is 1. The van der Waals surface area contributed by atoms with Gasteiger partial charge in [0.25, 0.3) is 5.56 Å². The van der Waals surface area contributed by atoms with Crippen LogP contribution in [0.1, 0.15) is 18.1 Å². The van der Waals surface area contributed by atoms with E-state index in [0.29, 0.717) is 34.4 Å². The normalized spacial score (nSPS) is 10.6. The fourth-order valence-electron chi connectivity index (χ4n) is 3.24. The third-order valence-electron chi connectivity index (χ3n) is 4.79. The molecule has 2 aromatic carbocycles. The maximum absolute atomic E-state index is 14.2. The Labute approximate surface area is 178 Å². The summed E-state index contributed by atoms with van der Waals surface area (Å²) in [5, 5.41) is 2.72. The summed E-state index contributed by atoms with van der Waals surface area (Å²) in [6.07, 6.45) is 3.34. The first-order valence-corrected chi connectivity index (χ1v) is 9.69. The van der Waals surface area contributed by atoms with Crippen molar-refractivity contribution in [1.29, 1.82) is 0 Å².